The van der Waals surface area contributed by atoms with Gasteiger partial charge in [0.1, 0.15) is 5.82 Å². The van der Waals surface area contributed by atoms with Crippen molar-refractivity contribution in [3.8, 4) is 0 Å². The van der Waals surface area contributed by atoms with Crippen LogP contribution in [0.5, 0.6) is 0 Å². The van der Waals surface area contributed by atoms with Crippen LogP contribution in [0.1, 0.15) is 51.3 Å². The molecule has 1 aliphatic carbocycles. The molecule has 4 nitrogen and oxygen atoms in total. The Bertz CT molecular complexity index is 347. The normalized spacial score (nSPS) is 16.2. The summed E-state index contributed by atoms with van der Waals surface area (Å²) in [5.74, 6) is 1.67. The van der Waals surface area contributed by atoms with Crippen molar-refractivity contribution < 1.29 is 0 Å². The summed E-state index contributed by atoms with van der Waals surface area (Å²) in [7, 11) is 0. The summed E-state index contributed by atoms with van der Waals surface area (Å²) >= 11 is 1.48. The van der Waals surface area contributed by atoms with Crippen molar-refractivity contribution in [3.63, 3.8) is 0 Å². The Labute approximate surface area is 107 Å². The van der Waals surface area contributed by atoms with Gasteiger partial charge in [-0.25, -0.2) is 4.98 Å². The molecule has 1 aromatic rings. The summed E-state index contributed by atoms with van der Waals surface area (Å²) < 4.78 is 4.39. The second kappa shape index (κ2) is 5.31. The highest BCUT2D eigenvalue weighted by Gasteiger charge is 2.28. The number of rotatable bonds is 7. The van der Waals surface area contributed by atoms with Crippen LogP contribution in [-0.2, 0) is 0 Å². The highest BCUT2D eigenvalue weighted by atomic mass is 32.1. The number of anilines is 1. The molecule has 1 saturated carbocycles. The van der Waals surface area contributed by atoms with Crippen molar-refractivity contribution in [2.75, 3.05) is 18.4 Å². The van der Waals surface area contributed by atoms with E-state index in [9.17, 15) is 0 Å². The standard InChI is InChI=1S/C12H22N4S/c1-3-12(4-2,7-13)8-14-11-15-10(16-17-11)9-5-6-9/h9H,3-8,13H2,1-2H3,(H,14,15,16). The summed E-state index contributed by atoms with van der Waals surface area (Å²) in [6.07, 6.45) is 4.71. The maximum atomic E-state index is 5.88. The van der Waals surface area contributed by atoms with Crippen LogP contribution in [0, 0.1) is 5.41 Å². The Hall–Kier alpha value is -0.680. The van der Waals surface area contributed by atoms with Gasteiger partial charge in [-0.05, 0) is 37.6 Å². The Kier molecular flexibility index (Phi) is 3.99. The molecule has 2 rings (SSSR count). The molecule has 0 saturated heterocycles. The van der Waals surface area contributed by atoms with Gasteiger partial charge in [-0.3, -0.25) is 0 Å². The van der Waals surface area contributed by atoms with E-state index in [-0.39, 0.29) is 5.41 Å². The molecule has 0 unspecified atom stereocenters. The molecule has 0 aliphatic heterocycles. The highest BCUT2D eigenvalue weighted by Crippen LogP contribution is 2.39. The third kappa shape index (κ3) is 2.96. The van der Waals surface area contributed by atoms with E-state index in [0.717, 1.165) is 36.9 Å². The number of hydrogen-bond donors (Lipinski definition) is 2. The lowest BCUT2D eigenvalue weighted by atomic mass is 9.82. The van der Waals surface area contributed by atoms with Gasteiger partial charge in [0.15, 0.2) is 0 Å². The molecule has 0 radical (unpaired) electrons. The van der Waals surface area contributed by atoms with Gasteiger partial charge in [0, 0.05) is 24.0 Å². The van der Waals surface area contributed by atoms with Gasteiger partial charge in [0.05, 0.1) is 0 Å². The molecular formula is C12H22N4S. The van der Waals surface area contributed by atoms with Gasteiger partial charge in [-0.2, -0.15) is 4.37 Å². The maximum absolute atomic E-state index is 5.88. The van der Waals surface area contributed by atoms with E-state index in [1.54, 1.807) is 0 Å². The van der Waals surface area contributed by atoms with Crippen LogP contribution >= 0.6 is 11.5 Å². The largest absolute Gasteiger partial charge is 0.360 e. The molecule has 5 heteroatoms. The highest BCUT2D eigenvalue weighted by molar-refractivity contribution is 7.09. The Balaban J connectivity index is 1.91. The molecule has 0 aromatic carbocycles. The number of nitrogens with zero attached hydrogens (tertiary/aromatic N) is 2. The van der Waals surface area contributed by atoms with Crippen LogP contribution in [-0.4, -0.2) is 22.4 Å². The van der Waals surface area contributed by atoms with Gasteiger partial charge in [-0.1, -0.05) is 13.8 Å². The van der Waals surface area contributed by atoms with Crippen molar-refractivity contribution in [1.82, 2.24) is 9.36 Å². The minimum atomic E-state index is 0.200. The van der Waals surface area contributed by atoms with Crippen LogP contribution in [0.2, 0.25) is 0 Å². The van der Waals surface area contributed by atoms with Gasteiger partial charge in [0.2, 0.25) is 5.13 Å². The number of aromatic nitrogens is 2. The number of nitrogens with one attached hydrogen (secondary N) is 1. The van der Waals surface area contributed by atoms with E-state index >= 15 is 0 Å². The van der Waals surface area contributed by atoms with Crippen LogP contribution in [0.4, 0.5) is 5.13 Å². The van der Waals surface area contributed by atoms with Gasteiger partial charge >= 0.3 is 0 Å². The zero-order chi connectivity index (χ0) is 12.3. The summed E-state index contributed by atoms with van der Waals surface area (Å²) in [6, 6.07) is 0. The van der Waals surface area contributed by atoms with E-state index < -0.39 is 0 Å². The molecule has 1 fully saturated rings. The average Bonchev–Trinajstić information content (AvgIpc) is 3.12. The van der Waals surface area contributed by atoms with Crippen LogP contribution in [0.25, 0.3) is 0 Å². The lowest BCUT2D eigenvalue weighted by molar-refractivity contribution is 0.294. The molecular weight excluding hydrogens is 232 g/mol. The topological polar surface area (TPSA) is 63.8 Å². The Morgan fingerprint density at radius 3 is 2.65 bits per heavy atom. The molecule has 17 heavy (non-hydrogen) atoms. The van der Waals surface area contributed by atoms with Gasteiger partial charge in [-0.15, -0.1) is 0 Å². The summed E-state index contributed by atoms with van der Waals surface area (Å²) in [5, 5.41) is 4.36. The fourth-order valence-electron chi connectivity index (χ4n) is 1.94. The van der Waals surface area contributed by atoms with Crippen LogP contribution < -0.4 is 11.1 Å². The molecule has 0 spiro atoms. The van der Waals surface area contributed by atoms with E-state index in [2.05, 4.69) is 28.5 Å². The van der Waals surface area contributed by atoms with Gasteiger partial charge < -0.3 is 11.1 Å². The molecule has 0 amide bonds. The summed E-state index contributed by atoms with van der Waals surface area (Å²) in [6.45, 7) is 6.03. The monoisotopic (exact) mass is 254 g/mol. The average molecular weight is 254 g/mol. The van der Waals surface area contributed by atoms with Crippen molar-refractivity contribution in [3.05, 3.63) is 5.82 Å². The summed E-state index contributed by atoms with van der Waals surface area (Å²) in [4.78, 5) is 4.53. The predicted molar refractivity (Wildman–Crippen MR) is 72.4 cm³/mol. The van der Waals surface area contributed by atoms with Crippen LogP contribution in [0.15, 0.2) is 0 Å². The lowest BCUT2D eigenvalue weighted by Gasteiger charge is -2.30. The van der Waals surface area contributed by atoms with E-state index in [1.807, 2.05) is 0 Å². The third-order valence-electron chi connectivity index (χ3n) is 3.93. The molecule has 0 atom stereocenters. The molecule has 96 valence electrons. The van der Waals surface area contributed by atoms with Crippen molar-refractivity contribution in [2.24, 2.45) is 11.1 Å². The fraction of sp³-hybridized carbons (Fsp3) is 0.833. The first kappa shape index (κ1) is 12.8. The first-order valence-electron chi connectivity index (χ1n) is 6.50. The maximum Gasteiger partial charge on any atom is 0.202 e. The zero-order valence-corrected chi connectivity index (χ0v) is 11.5. The SMILES string of the molecule is CCC(CC)(CN)CNc1nc(C2CC2)ns1. The molecule has 1 heterocycles. The second-order valence-corrected chi connectivity index (χ2v) is 5.75. The quantitative estimate of drug-likeness (QED) is 0.785. The summed E-state index contributed by atoms with van der Waals surface area (Å²) in [5.41, 5.74) is 6.08. The molecule has 0 bridgehead atoms. The Morgan fingerprint density at radius 1 is 1.41 bits per heavy atom. The van der Waals surface area contributed by atoms with Gasteiger partial charge in [0.25, 0.3) is 0 Å². The van der Waals surface area contributed by atoms with Crippen molar-refractivity contribution >= 4 is 16.7 Å². The second-order valence-electron chi connectivity index (χ2n) is 5.00. The molecule has 1 aliphatic rings. The number of nitrogens with two attached hydrogens (primary N) is 1. The van der Waals surface area contributed by atoms with Crippen molar-refractivity contribution in [1.29, 1.82) is 0 Å². The Morgan fingerprint density at radius 2 is 2.12 bits per heavy atom. The zero-order valence-electron chi connectivity index (χ0n) is 10.7. The van der Waals surface area contributed by atoms with E-state index in [4.69, 9.17) is 5.73 Å². The molecule has 3 N–H and O–H groups in total. The fourth-order valence-corrected chi connectivity index (χ4v) is 2.58. The van der Waals surface area contributed by atoms with E-state index in [1.165, 1.54) is 24.4 Å². The minimum Gasteiger partial charge on any atom is -0.360 e. The molecule has 1 aromatic heterocycles. The number of hydrogen-bond acceptors (Lipinski definition) is 5. The first-order valence-corrected chi connectivity index (χ1v) is 7.28. The smallest absolute Gasteiger partial charge is 0.202 e. The van der Waals surface area contributed by atoms with Crippen molar-refractivity contribution in [2.45, 2.75) is 45.4 Å². The first-order chi connectivity index (χ1) is 8.23. The van der Waals surface area contributed by atoms with E-state index in [0.29, 0.717) is 5.92 Å². The minimum absolute atomic E-state index is 0.200. The third-order valence-corrected chi connectivity index (χ3v) is 4.62. The van der Waals surface area contributed by atoms with Crippen LogP contribution in [0.3, 0.4) is 0 Å². The lowest BCUT2D eigenvalue weighted by Crippen LogP contribution is -2.36. The predicted octanol–water partition coefficient (Wildman–Crippen LogP) is 2.59.